The Hall–Kier alpha value is -2.42. The van der Waals surface area contributed by atoms with Crippen molar-refractivity contribution in [2.24, 2.45) is 0 Å². The predicted molar refractivity (Wildman–Crippen MR) is 84.7 cm³/mol. The van der Waals surface area contributed by atoms with Crippen LogP contribution in [0.1, 0.15) is 27.9 Å². The second kappa shape index (κ2) is 5.83. The molecule has 1 atom stereocenters. The summed E-state index contributed by atoms with van der Waals surface area (Å²) in [7, 11) is 0. The molecule has 1 fully saturated rings. The lowest BCUT2D eigenvalue weighted by atomic mass is 9.91. The van der Waals surface area contributed by atoms with Gasteiger partial charge in [-0.15, -0.1) is 11.3 Å². The van der Waals surface area contributed by atoms with Gasteiger partial charge in [0.25, 0.3) is 5.91 Å². The Morgan fingerprint density at radius 1 is 1.24 bits per heavy atom. The summed E-state index contributed by atoms with van der Waals surface area (Å²) in [5.41, 5.74) is -1.92. The lowest BCUT2D eigenvalue weighted by molar-refractivity contribution is -0.137. The van der Waals surface area contributed by atoms with E-state index >= 15 is 0 Å². The van der Waals surface area contributed by atoms with Crippen molar-refractivity contribution in [3.05, 3.63) is 51.5 Å². The normalized spacial score (nSPS) is 20.9. The van der Waals surface area contributed by atoms with Crippen LogP contribution in [0, 0.1) is 6.92 Å². The van der Waals surface area contributed by atoms with E-state index in [1.807, 2.05) is 6.92 Å². The molecule has 0 spiro atoms. The van der Waals surface area contributed by atoms with Crippen LogP contribution in [0.15, 0.2) is 30.5 Å². The fourth-order valence-electron chi connectivity index (χ4n) is 2.66. The predicted octanol–water partition coefficient (Wildman–Crippen LogP) is 3.44. The highest BCUT2D eigenvalue weighted by Gasteiger charge is 2.49. The summed E-state index contributed by atoms with van der Waals surface area (Å²) in [5.74, 6) is -0.511. The van der Waals surface area contributed by atoms with Gasteiger partial charge in [0, 0.05) is 11.1 Å². The van der Waals surface area contributed by atoms with E-state index in [1.165, 1.54) is 30.4 Å². The number of urea groups is 1. The SMILES string of the molecule is Cc1ncc(CN2C(=O)NC(C)(c3ccc(C(F)(F)F)cc3)C2=O)s1. The minimum atomic E-state index is -4.46. The Morgan fingerprint density at radius 2 is 1.88 bits per heavy atom. The molecule has 9 heteroatoms. The number of aromatic nitrogens is 1. The Balaban J connectivity index is 1.86. The zero-order chi connectivity index (χ0) is 18.4. The molecule has 1 N–H and O–H groups in total. The average Bonchev–Trinajstić information content (AvgIpc) is 3.04. The summed E-state index contributed by atoms with van der Waals surface area (Å²) in [6, 6.07) is 3.63. The summed E-state index contributed by atoms with van der Waals surface area (Å²) in [6.45, 7) is 3.37. The molecule has 3 amide bonds. The minimum Gasteiger partial charge on any atom is -0.319 e. The number of hydrogen-bond donors (Lipinski definition) is 1. The Bertz CT molecular complexity index is 832. The zero-order valence-electron chi connectivity index (χ0n) is 13.3. The third-order valence-corrected chi connectivity index (χ3v) is 4.95. The first kappa shape index (κ1) is 17.4. The molecule has 0 aliphatic carbocycles. The van der Waals surface area contributed by atoms with Gasteiger partial charge >= 0.3 is 12.2 Å². The molecule has 3 rings (SSSR count). The lowest BCUT2D eigenvalue weighted by Gasteiger charge is -2.22. The number of rotatable bonds is 3. The zero-order valence-corrected chi connectivity index (χ0v) is 14.2. The van der Waals surface area contributed by atoms with E-state index in [9.17, 15) is 22.8 Å². The molecule has 2 aromatic rings. The first-order valence-electron chi connectivity index (χ1n) is 7.34. The topological polar surface area (TPSA) is 62.3 Å². The number of alkyl halides is 3. The van der Waals surface area contributed by atoms with Crippen LogP contribution in [-0.2, 0) is 23.1 Å². The maximum atomic E-state index is 12.7. The van der Waals surface area contributed by atoms with Gasteiger partial charge in [0.1, 0.15) is 5.54 Å². The van der Waals surface area contributed by atoms with Crippen molar-refractivity contribution in [3.63, 3.8) is 0 Å². The van der Waals surface area contributed by atoms with Crippen molar-refractivity contribution in [1.29, 1.82) is 0 Å². The van der Waals surface area contributed by atoms with Gasteiger partial charge < -0.3 is 5.32 Å². The molecule has 132 valence electrons. The van der Waals surface area contributed by atoms with Gasteiger partial charge in [-0.2, -0.15) is 13.2 Å². The summed E-state index contributed by atoms with van der Waals surface area (Å²) in [5, 5.41) is 3.38. The third kappa shape index (κ3) is 3.11. The van der Waals surface area contributed by atoms with E-state index in [-0.39, 0.29) is 6.54 Å². The number of hydrogen-bond acceptors (Lipinski definition) is 4. The molecular weight excluding hydrogens is 355 g/mol. The Kier molecular flexibility index (Phi) is 4.06. The molecule has 1 unspecified atom stereocenters. The van der Waals surface area contributed by atoms with Crippen LogP contribution < -0.4 is 5.32 Å². The molecule has 1 aliphatic rings. The average molecular weight is 369 g/mol. The number of carbonyl (C=O) groups excluding carboxylic acids is 2. The van der Waals surface area contributed by atoms with Crippen molar-refractivity contribution in [2.75, 3.05) is 0 Å². The van der Waals surface area contributed by atoms with Crippen molar-refractivity contribution in [2.45, 2.75) is 32.1 Å². The first-order valence-corrected chi connectivity index (χ1v) is 8.16. The number of amides is 3. The van der Waals surface area contributed by atoms with Crippen LogP contribution in [0.5, 0.6) is 0 Å². The van der Waals surface area contributed by atoms with Gasteiger partial charge in [0.05, 0.1) is 17.1 Å². The number of nitrogens with one attached hydrogen (secondary N) is 1. The van der Waals surface area contributed by atoms with Crippen LogP contribution in [-0.4, -0.2) is 21.8 Å². The highest BCUT2D eigenvalue weighted by Crippen LogP contribution is 2.34. The second-order valence-electron chi connectivity index (χ2n) is 5.87. The highest BCUT2D eigenvalue weighted by molar-refractivity contribution is 7.11. The standard InChI is InChI=1S/C16H14F3N3O2S/c1-9-20-7-12(25-9)8-22-13(23)15(2,21-14(22)24)10-3-5-11(6-4-10)16(17,18)19/h3-7H,8H2,1-2H3,(H,21,24). The number of nitrogens with zero attached hydrogens (tertiary/aromatic N) is 2. The minimum absolute atomic E-state index is 0.0758. The number of thiazole rings is 1. The number of benzene rings is 1. The van der Waals surface area contributed by atoms with Crippen molar-refractivity contribution in [1.82, 2.24) is 15.2 Å². The van der Waals surface area contributed by atoms with Gasteiger partial charge in [-0.05, 0) is 31.5 Å². The smallest absolute Gasteiger partial charge is 0.319 e. The Labute approximate surface area is 145 Å². The van der Waals surface area contributed by atoms with Crippen LogP contribution in [0.4, 0.5) is 18.0 Å². The first-order chi connectivity index (χ1) is 11.6. The molecule has 25 heavy (non-hydrogen) atoms. The van der Waals surface area contributed by atoms with E-state index in [1.54, 1.807) is 6.20 Å². The van der Waals surface area contributed by atoms with Crippen molar-refractivity contribution >= 4 is 23.3 Å². The molecule has 2 heterocycles. The number of imide groups is 1. The van der Waals surface area contributed by atoms with Gasteiger partial charge in [0.2, 0.25) is 0 Å². The van der Waals surface area contributed by atoms with Crippen LogP contribution in [0.3, 0.4) is 0 Å². The molecule has 0 saturated carbocycles. The lowest BCUT2D eigenvalue weighted by Crippen LogP contribution is -2.40. The molecule has 0 radical (unpaired) electrons. The molecule has 1 aliphatic heterocycles. The highest BCUT2D eigenvalue weighted by atomic mass is 32.1. The Morgan fingerprint density at radius 3 is 2.40 bits per heavy atom. The van der Waals surface area contributed by atoms with Gasteiger partial charge in [0.15, 0.2) is 0 Å². The van der Waals surface area contributed by atoms with E-state index < -0.39 is 29.2 Å². The molecule has 1 aromatic heterocycles. The fourth-order valence-corrected chi connectivity index (χ4v) is 3.45. The monoisotopic (exact) mass is 369 g/mol. The number of halogens is 3. The van der Waals surface area contributed by atoms with E-state index in [2.05, 4.69) is 10.3 Å². The van der Waals surface area contributed by atoms with Gasteiger partial charge in [-0.1, -0.05) is 12.1 Å². The van der Waals surface area contributed by atoms with E-state index in [0.717, 1.165) is 26.9 Å². The largest absolute Gasteiger partial charge is 0.416 e. The summed E-state index contributed by atoms with van der Waals surface area (Å²) in [4.78, 5) is 30.8. The van der Waals surface area contributed by atoms with Crippen LogP contribution in [0.2, 0.25) is 0 Å². The molecule has 1 aromatic carbocycles. The maximum Gasteiger partial charge on any atom is 0.416 e. The van der Waals surface area contributed by atoms with Gasteiger partial charge in [-0.25, -0.2) is 9.78 Å². The van der Waals surface area contributed by atoms with Gasteiger partial charge in [-0.3, -0.25) is 9.69 Å². The number of aryl methyl sites for hydroxylation is 1. The summed E-state index contributed by atoms with van der Waals surface area (Å²) >= 11 is 1.37. The van der Waals surface area contributed by atoms with Crippen LogP contribution in [0.25, 0.3) is 0 Å². The van der Waals surface area contributed by atoms with Crippen molar-refractivity contribution in [3.8, 4) is 0 Å². The third-order valence-electron chi connectivity index (χ3n) is 4.05. The molecule has 0 bridgehead atoms. The number of carbonyl (C=O) groups is 2. The molecule has 5 nitrogen and oxygen atoms in total. The van der Waals surface area contributed by atoms with Crippen molar-refractivity contribution < 1.29 is 22.8 Å². The fraction of sp³-hybridized carbons (Fsp3) is 0.312. The summed E-state index contributed by atoms with van der Waals surface area (Å²) < 4.78 is 38.1. The molecule has 1 saturated heterocycles. The second-order valence-corrected chi connectivity index (χ2v) is 7.19. The maximum absolute atomic E-state index is 12.7. The van der Waals surface area contributed by atoms with E-state index in [0.29, 0.717) is 5.56 Å². The quantitative estimate of drug-likeness (QED) is 0.843. The van der Waals surface area contributed by atoms with E-state index in [4.69, 9.17) is 0 Å². The molecular formula is C16H14F3N3O2S. The summed E-state index contributed by atoms with van der Waals surface area (Å²) in [6.07, 6.45) is -2.87. The van der Waals surface area contributed by atoms with Crippen LogP contribution >= 0.6 is 11.3 Å².